The quantitative estimate of drug-likeness (QED) is 0.539. The van der Waals surface area contributed by atoms with E-state index in [0.717, 1.165) is 54.0 Å². The molecule has 0 bridgehead atoms. The summed E-state index contributed by atoms with van der Waals surface area (Å²) in [6, 6.07) is 14.6. The summed E-state index contributed by atoms with van der Waals surface area (Å²) < 4.78 is 16.4. The molecular formula is C24H23FN4O. The van der Waals surface area contributed by atoms with Crippen molar-refractivity contribution < 1.29 is 9.18 Å². The van der Waals surface area contributed by atoms with E-state index in [-0.39, 0.29) is 5.82 Å². The molecule has 1 aromatic heterocycles. The number of hydrogen-bond donors (Lipinski definition) is 1. The van der Waals surface area contributed by atoms with Gasteiger partial charge in [0.25, 0.3) is 5.91 Å². The molecule has 2 N–H and O–H groups in total. The molecule has 0 spiro atoms. The predicted octanol–water partition coefficient (Wildman–Crippen LogP) is 4.72. The van der Waals surface area contributed by atoms with E-state index in [1.54, 1.807) is 12.1 Å². The largest absolute Gasteiger partial charge is 0.371 e. The molecule has 6 heteroatoms. The van der Waals surface area contributed by atoms with Crippen LogP contribution in [0, 0.1) is 12.7 Å². The molecule has 1 amide bonds. The van der Waals surface area contributed by atoms with Gasteiger partial charge in [-0.25, -0.2) is 9.37 Å². The van der Waals surface area contributed by atoms with Crippen LogP contribution in [0.15, 0.2) is 48.5 Å². The molecule has 0 atom stereocenters. The minimum atomic E-state index is -0.493. The number of aromatic nitrogens is 2. The Morgan fingerprint density at radius 3 is 2.50 bits per heavy atom. The van der Waals surface area contributed by atoms with Gasteiger partial charge in [0.2, 0.25) is 0 Å². The molecule has 5 nitrogen and oxygen atoms in total. The zero-order valence-corrected chi connectivity index (χ0v) is 16.9. The average Bonchev–Trinajstić information content (AvgIpc) is 3.09. The van der Waals surface area contributed by atoms with Gasteiger partial charge in [0, 0.05) is 29.5 Å². The lowest BCUT2D eigenvalue weighted by Gasteiger charge is -2.29. The number of carbonyl (C=O) groups is 1. The molecule has 0 radical (unpaired) electrons. The molecule has 1 aliphatic rings. The van der Waals surface area contributed by atoms with Crippen molar-refractivity contribution in [3.8, 4) is 5.69 Å². The fourth-order valence-electron chi connectivity index (χ4n) is 4.55. The SMILES string of the molecule is Cc1nc2c(C(N)=O)cc(N3CCCCC3)cc2n1-c1ccc(F)c2ccccc12. The summed E-state index contributed by atoms with van der Waals surface area (Å²) in [7, 11) is 0. The second kappa shape index (κ2) is 7.13. The van der Waals surface area contributed by atoms with Gasteiger partial charge in [-0.1, -0.05) is 24.3 Å². The first-order valence-corrected chi connectivity index (χ1v) is 10.3. The normalized spacial score (nSPS) is 14.5. The fraction of sp³-hybridized carbons (Fsp3) is 0.250. The van der Waals surface area contributed by atoms with Crippen LogP contribution >= 0.6 is 0 Å². The Morgan fingerprint density at radius 2 is 1.77 bits per heavy atom. The lowest BCUT2D eigenvalue weighted by Crippen LogP contribution is -2.29. The van der Waals surface area contributed by atoms with Crippen LogP contribution in [0.5, 0.6) is 0 Å². The number of halogens is 1. The average molecular weight is 402 g/mol. The molecule has 0 aliphatic carbocycles. The molecule has 4 aromatic rings. The second-order valence-electron chi connectivity index (χ2n) is 7.88. The molecule has 3 aromatic carbocycles. The standard InChI is InChI=1S/C24H23FN4O/c1-15-27-23-19(24(26)30)13-16(28-11-5-2-6-12-28)14-22(23)29(15)21-10-9-20(25)17-7-3-4-8-18(17)21/h3-4,7-10,13-14H,2,5-6,11-12H2,1H3,(H2,26,30). The van der Waals surface area contributed by atoms with Gasteiger partial charge in [-0.05, 0) is 50.5 Å². The van der Waals surface area contributed by atoms with Gasteiger partial charge in [-0.3, -0.25) is 9.36 Å². The van der Waals surface area contributed by atoms with Crippen LogP contribution in [0.1, 0.15) is 35.4 Å². The topological polar surface area (TPSA) is 64.2 Å². The van der Waals surface area contributed by atoms with Crippen LogP contribution in [0.4, 0.5) is 10.1 Å². The predicted molar refractivity (Wildman–Crippen MR) is 118 cm³/mol. The van der Waals surface area contributed by atoms with E-state index >= 15 is 0 Å². The van der Waals surface area contributed by atoms with Crippen LogP contribution in [-0.2, 0) is 0 Å². The molecule has 152 valence electrons. The number of amides is 1. The Labute approximate surface area is 173 Å². The van der Waals surface area contributed by atoms with Crippen molar-refractivity contribution in [3.05, 3.63) is 65.7 Å². The first-order chi connectivity index (χ1) is 14.5. The lowest BCUT2D eigenvalue weighted by molar-refractivity contribution is 0.100. The van der Waals surface area contributed by atoms with E-state index in [2.05, 4.69) is 16.0 Å². The van der Waals surface area contributed by atoms with E-state index in [1.165, 1.54) is 12.5 Å². The van der Waals surface area contributed by atoms with Crippen molar-refractivity contribution in [1.82, 2.24) is 9.55 Å². The minimum absolute atomic E-state index is 0.261. The number of nitrogens with two attached hydrogens (primary N) is 1. The number of imidazole rings is 1. The number of benzene rings is 3. The van der Waals surface area contributed by atoms with Gasteiger partial charge in [0.05, 0.1) is 16.8 Å². The Morgan fingerprint density at radius 1 is 1.03 bits per heavy atom. The summed E-state index contributed by atoms with van der Waals surface area (Å²) in [6.07, 6.45) is 3.48. The first kappa shape index (κ1) is 18.6. The highest BCUT2D eigenvalue weighted by atomic mass is 19.1. The molecule has 0 saturated carbocycles. The van der Waals surface area contributed by atoms with Crippen molar-refractivity contribution in [2.24, 2.45) is 5.73 Å². The highest BCUT2D eigenvalue weighted by molar-refractivity contribution is 6.06. The minimum Gasteiger partial charge on any atom is -0.371 e. The number of primary amides is 1. The molecule has 2 heterocycles. The molecule has 1 fully saturated rings. The van der Waals surface area contributed by atoms with Gasteiger partial charge >= 0.3 is 0 Å². The number of aryl methyl sites for hydroxylation is 1. The van der Waals surface area contributed by atoms with Crippen LogP contribution in [0.2, 0.25) is 0 Å². The highest BCUT2D eigenvalue weighted by Crippen LogP contribution is 2.33. The number of piperidine rings is 1. The maximum atomic E-state index is 14.4. The number of nitrogens with zero attached hydrogens (tertiary/aromatic N) is 3. The third-order valence-corrected chi connectivity index (χ3v) is 5.99. The summed E-state index contributed by atoms with van der Waals surface area (Å²) in [5, 5.41) is 1.35. The van der Waals surface area contributed by atoms with Crippen LogP contribution < -0.4 is 10.6 Å². The number of carbonyl (C=O) groups excluding carboxylic acids is 1. The van der Waals surface area contributed by atoms with Crippen LogP contribution in [0.3, 0.4) is 0 Å². The Bertz CT molecular complexity index is 1290. The maximum absolute atomic E-state index is 14.4. The number of anilines is 1. The van der Waals surface area contributed by atoms with Gasteiger partial charge in [-0.2, -0.15) is 0 Å². The maximum Gasteiger partial charge on any atom is 0.251 e. The third kappa shape index (κ3) is 2.91. The van der Waals surface area contributed by atoms with Crippen molar-refractivity contribution in [3.63, 3.8) is 0 Å². The highest BCUT2D eigenvalue weighted by Gasteiger charge is 2.21. The second-order valence-corrected chi connectivity index (χ2v) is 7.88. The first-order valence-electron chi connectivity index (χ1n) is 10.3. The summed E-state index contributed by atoms with van der Waals surface area (Å²) in [6.45, 7) is 3.80. The van der Waals surface area contributed by atoms with Crippen molar-refractivity contribution in [1.29, 1.82) is 0 Å². The molecule has 0 unspecified atom stereocenters. The van der Waals surface area contributed by atoms with Crippen LogP contribution in [0.25, 0.3) is 27.5 Å². The Kier molecular flexibility index (Phi) is 4.42. The molecule has 30 heavy (non-hydrogen) atoms. The summed E-state index contributed by atoms with van der Waals surface area (Å²) in [5.74, 6) is -0.0317. The van der Waals surface area contributed by atoms with E-state index < -0.39 is 5.91 Å². The van der Waals surface area contributed by atoms with Gasteiger partial charge in [0.15, 0.2) is 0 Å². The summed E-state index contributed by atoms with van der Waals surface area (Å²) in [5.41, 5.74) is 9.34. The number of hydrogen-bond acceptors (Lipinski definition) is 3. The molecule has 5 rings (SSSR count). The van der Waals surface area contributed by atoms with E-state index in [0.29, 0.717) is 16.5 Å². The number of fused-ring (bicyclic) bond motifs is 2. The number of rotatable bonds is 3. The van der Waals surface area contributed by atoms with Gasteiger partial charge in [0.1, 0.15) is 17.2 Å². The van der Waals surface area contributed by atoms with Crippen molar-refractivity contribution in [2.75, 3.05) is 18.0 Å². The smallest absolute Gasteiger partial charge is 0.251 e. The van der Waals surface area contributed by atoms with Gasteiger partial charge in [-0.15, -0.1) is 0 Å². The fourth-order valence-corrected chi connectivity index (χ4v) is 4.55. The van der Waals surface area contributed by atoms with Gasteiger partial charge < -0.3 is 10.6 Å². The summed E-state index contributed by atoms with van der Waals surface area (Å²) in [4.78, 5) is 19.2. The zero-order chi connectivity index (χ0) is 20.8. The Balaban J connectivity index is 1.81. The van der Waals surface area contributed by atoms with E-state index in [1.807, 2.05) is 35.8 Å². The van der Waals surface area contributed by atoms with E-state index in [9.17, 15) is 9.18 Å². The van der Waals surface area contributed by atoms with E-state index in [4.69, 9.17) is 5.73 Å². The molecular weight excluding hydrogens is 379 g/mol. The molecule has 1 aliphatic heterocycles. The monoisotopic (exact) mass is 402 g/mol. The molecule has 1 saturated heterocycles. The zero-order valence-electron chi connectivity index (χ0n) is 16.9. The van der Waals surface area contributed by atoms with Crippen LogP contribution in [-0.4, -0.2) is 28.5 Å². The lowest BCUT2D eigenvalue weighted by atomic mass is 10.1. The third-order valence-electron chi connectivity index (χ3n) is 5.99. The Hall–Kier alpha value is -3.41. The summed E-state index contributed by atoms with van der Waals surface area (Å²) >= 11 is 0. The van der Waals surface area contributed by atoms with Crippen molar-refractivity contribution >= 4 is 33.4 Å². The van der Waals surface area contributed by atoms with Crippen molar-refractivity contribution in [2.45, 2.75) is 26.2 Å².